The molecule has 0 spiro atoms. The fourth-order valence-corrected chi connectivity index (χ4v) is 3.65. The van der Waals surface area contributed by atoms with Crippen LogP contribution in [0, 0.1) is 0 Å². The lowest BCUT2D eigenvalue weighted by Gasteiger charge is -2.20. The van der Waals surface area contributed by atoms with Gasteiger partial charge in [-0.15, -0.1) is 0 Å². The predicted molar refractivity (Wildman–Crippen MR) is 132 cm³/mol. The SMILES string of the molecule is COc1ccc(-c2oc3c(OC)c(OCC=C(C)C)c(OC)c(OC)c3c(=O)c2OC)cc1OC. The summed E-state index contributed by atoms with van der Waals surface area (Å²) in [6, 6.07) is 5.12. The number of methoxy groups -OCH3 is 6. The van der Waals surface area contributed by atoms with Crippen LogP contribution >= 0.6 is 0 Å². The van der Waals surface area contributed by atoms with E-state index in [4.69, 9.17) is 37.6 Å². The number of fused-ring (bicyclic) bond motifs is 1. The average Bonchev–Trinajstić information content (AvgIpc) is 2.86. The molecule has 0 radical (unpaired) electrons. The van der Waals surface area contributed by atoms with Crippen molar-refractivity contribution in [3.8, 4) is 51.6 Å². The second-order valence-electron chi connectivity index (χ2n) is 7.59. The lowest BCUT2D eigenvalue weighted by Crippen LogP contribution is -2.11. The molecule has 35 heavy (non-hydrogen) atoms. The highest BCUT2D eigenvalue weighted by atomic mass is 16.6. The summed E-state index contributed by atoms with van der Waals surface area (Å²) >= 11 is 0. The maximum Gasteiger partial charge on any atom is 0.239 e. The molecule has 0 saturated heterocycles. The Morgan fingerprint density at radius 1 is 0.771 bits per heavy atom. The minimum atomic E-state index is -0.470. The zero-order valence-electron chi connectivity index (χ0n) is 21.2. The number of rotatable bonds is 10. The van der Waals surface area contributed by atoms with Gasteiger partial charge in [0.05, 0.1) is 42.7 Å². The van der Waals surface area contributed by atoms with Crippen molar-refractivity contribution >= 4 is 11.0 Å². The van der Waals surface area contributed by atoms with Gasteiger partial charge in [-0.1, -0.05) is 5.57 Å². The van der Waals surface area contributed by atoms with E-state index in [1.165, 1.54) is 42.7 Å². The van der Waals surface area contributed by atoms with E-state index in [2.05, 4.69) is 0 Å². The van der Waals surface area contributed by atoms with Gasteiger partial charge in [0.15, 0.2) is 28.6 Å². The third-order valence-corrected chi connectivity index (χ3v) is 5.30. The second-order valence-corrected chi connectivity index (χ2v) is 7.59. The molecule has 0 amide bonds. The van der Waals surface area contributed by atoms with Crippen LogP contribution < -0.4 is 38.6 Å². The Bertz CT molecular complexity index is 1300. The van der Waals surface area contributed by atoms with Crippen LogP contribution in [0.1, 0.15) is 13.8 Å². The van der Waals surface area contributed by atoms with Crippen LogP contribution in [0.2, 0.25) is 0 Å². The highest BCUT2D eigenvalue weighted by molar-refractivity contribution is 5.97. The number of hydrogen-bond donors (Lipinski definition) is 0. The Hall–Kier alpha value is -4.01. The van der Waals surface area contributed by atoms with E-state index in [1.807, 2.05) is 19.9 Å². The minimum absolute atomic E-state index is 0.0228. The first-order chi connectivity index (χ1) is 16.9. The molecule has 1 heterocycles. The monoisotopic (exact) mass is 486 g/mol. The van der Waals surface area contributed by atoms with Crippen molar-refractivity contribution in [2.24, 2.45) is 0 Å². The molecule has 0 saturated carbocycles. The summed E-state index contributed by atoms with van der Waals surface area (Å²) in [6.45, 7) is 4.16. The fourth-order valence-electron chi connectivity index (χ4n) is 3.65. The molecule has 3 aromatic rings. The molecular weight excluding hydrogens is 456 g/mol. The third-order valence-electron chi connectivity index (χ3n) is 5.30. The van der Waals surface area contributed by atoms with Crippen LogP contribution in [0.25, 0.3) is 22.3 Å². The molecule has 0 unspecified atom stereocenters. The van der Waals surface area contributed by atoms with Gasteiger partial charge < -0.3 is 37.6 Å². The molecule has 2 aromatic carbocycles. The van der Waals surface area contributed by atoms with Gasteiger partial charge in [0.25, 0.3) is 0 Å². The van der Waals surface area contributed by atoms with Crippen molar-refractivity contribution in [2.75, 3.05) is 49.3 Å². The zero-order valence-corrected chi connectivity index (χ0v) is 21.2. The van der Waals surface area contributed by atoms with Crippen LogP contribution in [0.4, 0.5) is 0 Å². The Balaban J connectivity index is 2.43. The maximum atomic E-state index is 13.7. The smallest absolute Gasteiger partial charge is 0.239 e. The van der Waals surface area contributed by atoms with E-state index in [1.54, 1.807) is 18.2 Å². The molecule has 9 nitrogen and oxygen atoms in total. The number of ether oxygens (including phenoxy) is 7. The Morgan fingerprint density at radius 2 is 1.40 bits per heavy atom. The first-order valence-corrected chi connectivity index (χ1v) is 10.7. The minimum Gasteiger partial charge on any atom is -0.493 e. The van der Waals surface area contributed by atoms with Crippen LogP contribution in [-0.4, -0.2) is 49.3 Å². The van der Waals surface area contributed by atoms with Gasteiger partial charge in [-0.25, -0.2) is 0 Å². The largest absolute Gasteiger partial charge is 0.493 e. The standard InChI is InChI=1S/C26H30O9/c1-14(2)11-12-34-26-24(32-7)21(30-5)18-19(27)23(31-6)20(35-22(18)25(26)33-8)15-9-10-16(28-3)17(13-15)29-4/h9-11,13H,12H2,1-8H3. The summed E-state index contributed by atoms with van der Waals surface area (Å²) in [7, 11) is 8.78. The molecule has 0 bridgehead atoms. The van der Waals surface area contributed by atoms with Crippen LogP contribution in [0.5, 0.6) is 40.2 Å². The Labute approximate surface area is 203 Å². The summed E-state index contributed by atoms with van der Waals surface area (Å²) in [5.74, 6) is 1.90. The summed E-state index contributed by atoms with van der Waals surface area (Å²) in [6.07, 6.45) is 1.90. The molecule has 3 rings (SSSR count). The second kappa shape index (κ2) is 10.9. The number of allylic oxidation sites excluding steroid dienone is 1. The average molecular weight is 487 g/mol. The van der Waals surface area contributed by atoms with Crippen molar-refractivity contribution in [3.63, 3.8) is 0 Å². The molecule has 0 atom stereocenters. The quantitative estimate of drug-likeness (QED) is 0.372. The van der Waals surface area contributed by atoms with Gasteiger partial charge in [0.1, 0.15) is 12.0 Å². The molecular formula is C26H30O9. The van der Waals surface area contributed by atoms with E-state index in [-0.39, 0.29) is 52.1 Å². The summed E-state index contributed by atoms with van der Waals surface area (Å²) < 4.78 is 45.3. The molecule has 0 aliphatic heterocycles. The van der Waals surface area contributed by atoms with E-state index in [0.717, 1.165) is 5.57 Å². The first kappa shape index (κ1) is 25.6. The molecule has 0 aliphatic carbocycles. The van der Waals surface area contributed by atoms with Crippen LogP contribution in [0.15, 0.2) is 39.1 Å². The summed E-state index contributed by atoms with van der Waals surface area (Å²) in [4.78, 5) is 13.7. The first-order valence-electron chi connectivity index (χ1n) is 10.7. The predicted octanol–water partition coefficient (Wildman–Crippen LogP) is 4.86. The van der Waals surface area contributed by atoms with E-state index < -0.39 is 5.43 Å². The highest BCUT2D eigenvalue weighted by Gasteiger charge is 2.30. The maximum absolute atomic E-state index is 13.7. The lowest BCUT2D eigenvalue weighted by atomic mass is 10.1. The normalized spacial score (nSPS) is 10.5. The van der Waals surface area contributed by atoms with Gasteiger partial charge in [-0.3, -0.25) is 4.79 Å². The van der Waals surface area contributed by atoms with Crippen LogP contribution in [-0.2, 0) is 0 Å². The molecule has 0 fully saturated rings. The van der Waals surface area contributed by atoms with Crippen molar-refractivity contribution in [1.82, 2.24) is 0 Å². The van der Waals surface area contributed by atoms with Crippen LogP contribution in [0.3, 0.4) is 0 Å². The van der Waals surface area contributed by atoms with Gasteiger partial charge in [-0.2, -0.15) is 0 Å². The van der Waals surface area contributed by atoms with Gasteiger partial charge in [-0.05, 0) is 38.1 Å². The van der Waals surface area contributed by atoms with E-state index in [0.29, 0.717) is 17.1 Å². The number of hydrogen-bond acceptors (Lipinski definition) is 9. The zero-order chi connectivity index (χ0) is 25.7. The van der Waals surface area contributed by atoms with Crippen molar-refractivity contribution in [2.45, 2.75) is 13.8 Å². The van der Waals surface area contributed by atoms with Gasteiger partial charge >= 0.3 is 0 Å². The van der Waals surface area contributed by atoms with E-state index in [9.17, 15) is 4.79 Å². The Kier molecular flexibility index (Phi) is 8.01. The van der Waals surface area contributed by atoms with Crippen molar-refractivity contribution < 1.29 is 37.6 Å². The van der Waals surface area contributed by atoms with Crippen molar-refractivity contribution in [1.29, 1.82) is 0 Å². The number of benzene rings is 2. The summed E-state index contributed by atoms with van der Waals surface area (Å²) in [5.41, 5.74) is 1.25. The summed E-state index contributed by atoms with van der Waals surface area (Å²) in [5, 5.41) is 0.0943. The highest BCUT2D eigenvalue weighted by Crippen LogP contribution is 2.51. The van der Waals surface area contributed by atoms with E-state index >= 15 is 0 Å². The molecule has 0 aliphatic rings. The van der Waals surface area contributed by atoms with Gasteiger partial charge in [0.2, 0.25) is 28.4 Å². The van der Waals surface area contributed by atoms with Gasteiger partial charge in [0, 0.05) is 5.56 Å². The Morgan fingerprint density at radius 3 is 1.94 bits per heavy atom. The lowest BCUT2D eigenvalue weighted by molar-refractivity contribution is 0.288. The molecule has 1 aromatic heterocycles. The fraction of sp³-hybridized carbons (Fsp3) is 0.346. The molecule has 0 N–H and O–H groups in total. The van der Waals surface area contributed by atoms with Crippen molar-refractivity contribution in [3.05, 3.63) is 40.1 Å². The molecule has 188 valence electrons. The molecule has 9 heteroatoms. The topological polar surface area (TPSA) is 94.8 Å². The third kappa shape index (κ3) is 4.66.